The number of hydrogen-bond donors (Lipinski definition) is 0. The van der Waals surface area contributed by atoms with Gasteiger partial charge in [-0.2, -0.15) is 0 Å². The number of Topliss-reactive ketones (excluding diaryl/α,β-unsaturated/α-hetero) is 1. The molecule has 0 aromatic heterocycles. The third kappa shape index (κ3) is 3.41. The highest BCUT2D eigenvalue weighted by Crippen LogP contribution is 2.25. The van der Waals surface area contributed by atoms with E-state index in [2.05, 4.69) is 15.9 Å². The molecule has 0 fully saturated rings. The van der Waals surface area contributed by atoms with Crippen LogP contribution in [-0.2, 0) is 6.42 Å². The van der Waals surface area contributed by atoms with Crippen LogP contribution < -0.4 is 4.74 Å². The Kier molecular flexibility index (Phi) is 4.84. The molecule has 0 N–H and O–H groups in total. The normalized spacial score (nSPS) is 10.4. The average molecular weight is 354 g/mol. The van der Waals surface area contributed by atoms with E-state index in [0.29, 0.717) is 10.6 Å². The van der Waals surface area contributed by atoms with Gasteiger partial charge in [-0.05, 0) is 48.4 Å². The smallest absolute Gasteiger partial charge is 0.168 e. The lowest BCUT2D eigenvalue weighted by molar-refractivity contribution is 0.0993. The zero-order chi connectivity index (χ0) is 14.7. The molecule has 0 aliphatic heterocycles. The predicted molar refractivity (Wildman–Crippen MR) is 84.9 cm³/mol. The van der Waals surface area contributed by atoms with Crippen LogP contribution in [0, 0.1) is 6.92 Å². The molecule has 0 heterocycles. The highest BCUT2D eigenvalue weighted by Gasteiger charge is 2.13. The molecule has 0 atom stereocenters. The first-order valence-electron chi connectivity index (χ1n) is 6.13. The minimum absolute atomic E-state index is 0.0102. The number of ether oxygens (including phenoxy) is 1. The molecular formula is C16H14BrClO2. The number of rotatable bonds is 4. The molecule has 0 unspecified atom stereocenters. The van der Waals surface area contributed by atoms with Crippen molar-refractivity contribution in [2.75, 3.05) is 7.11 Å². The van der Waals surface area contributed by atoms with Gasteiger partial charge in [0, 0.05) is 16.5 Å². The topological polar surface area (TPSA) is 26.3 Å². The second-order valence-electron chi connectivity index (χ2n) is 4.54. The number of halogens is 2. The Morgan fingerprint density at radius 1 is 1.25 bits per heavy atom. The molecule has 0 aliphatic rings. The van der Waals surface area contributed by atoms with Crippen molar-refractivity contribution in [3.8, 4) is 5.75 Å². The van der Waals surface area contributed by atoms with E-state index in [9.17, 15) is 4.79 Å². The number of aryl methyl sites for hydroxylation is 1. The quantitative estimate of drug-likeness (QED) is 0.735. The van der Waals surface area contributed by atoms with Crippen molar-refractivity contribution in [2.24, 2.45) is 0 Å². The van der Waals surface area contributed by atoms with E-state index < -0.39 is 0 Å². The largest absolute Gasteiger partial charge is 0.497 e. The van der Waals surface area contributed by atoms with Gasteiger partial charge in [0.1, 0.15) is 5.75 Å². The van der Waals surface area contributed by atoms with Crippen LogP contribution in [-0.4, -0.2) is 12.9 Å². The van der Waals surface area contributed by atoms with Gasteiger partial charge >= 0.3 is 0 Å². The Bertz CT molecular complexity index is 653. The zero-order valence-corrected chi connectivity index (χ0v) is 13.6. The molecule has 2 aromatic rings. The number of carbonyl (C=O) groups is 1. The first-order valence-corrected chi connectivity index (χ1v) is 7.30. The van der Waals surface area contributed by atoms with Crippen molar-refractivity contribution >= 4 is 33.3 Å². The molecule has 104 valence electrons. The lowest BCUT2D eigenvalue weighted by Gasteiger charge is -2.08. The molecule has 0 saturated carbocycles. The fourth-order valence-corrected chi connectivity index (χ4v) is 2.66. The number of methoxy groups -OCH3 is 1. The molecule has 0 bridgehead atoms. The summed E-state index contributed by atoms with van der Waals surface area (Å²) in [4.78, 5) is 12.4. The Hall–Kier alpha value is -1.32. The first kappa shape index (κ1) is 15.1. The third-order valence-electron chi connectivity index (χ3n) is 3.03. The minimum atomic E-state index is -0.0102. The van der Waals surface area contributed by atoms with E-state index in [1.165, 1.54) is 0 Å². The Morgan fingerprint density at radius 2 is 2.00 bits per heavy atom. The highest BCUT2D eigenvalue weighted by molar-refractivity contribution is 9.10. The second kappa shape index (κ2) is 6.42. The van der Waals surface area contributed by atoms with Gasteiger partial charge in [-0.1, -0.05) is 33.6 Å². The predicted octanol–water partition coefficient (Wildman–Crippen LogP) is 4.84. The van der Waals surface area contributed by atoms with E-state index in [1.54, 1.807) is 19.2 Å². The van der Waals surface area contributed by atoms with Gasteiger partial charge in [0.2, 0.25) is 0 Å². The fourth-order valence-electron chi connectivity index (χ4n) is 1.93. The zero-order valence-electron chi connectivity index (χ0n) is 11.2. The van der Waals surface area contributed by atoms with Crippen molar-refractivity contribution in [2.45, 2.75) is 13.3 Å². The van der Waals surface area contributed by atoms with Crippen LogP contribution in [0.2, 0.25) is 5.02 Å². The summed E-state index contributed by atoms with van der Waals surface area (Å²) < 4.78 is 6.06. The molecule has 0 radical (unpaired) electrons. The molecule has 2 aromatic carbocycles. The number of hydrogen-bond acceptors (Lipinski definition) is 2. The van der Waals surface area contributed by atoms with E-state index >= 15 is 0 Å². The third-order valence-corrected chi connectivity index (χ3v) is 4.12. The Balaban J connectivity index is 2.27. The van der Waals surface area contributed by atoms with Gasteiger partial charge < -0.3 is 4.74 Å². The maximum Gasteiger partial charge on any atom is 0.168 e. The molecule has 20 heavy (non-hydrogen) atoms. The summed E-state index contributed by atoms with van der Waals surface area (Å²) in [5, 5.41) is 0.494. The summed E-state index contributed by atoms with van der Waals surface area (Å²) in [5.74, 6) is 0.718. The van der Waals surface area contributed by atoms with Crippen LogP contribution in [0.15, 0.2) is 40.9 Å². The van der Waals surface area contributed by atoms with Crippen molar-refractivity contribution < 1.29 is 9.53 Å². The standard InChI is InChI=1S/C16H14BrClO2/c1-10-3-5-13(15(18)7-10)16(19)9-11-8-12(20-2)4-6-14(11)17/h3-8H,9H2,1-2H3. The molecule has 2 rings (SSSR count). The van der Waals surface area contributed by atoms with E-state index in [-0.39, 0.29) is 12.2 Å². The maximum absolute atomic E-state index is 12.4. The minimum Gasteiger partial charge on any atom is -0.497 e. The summed E-state index contributed by atoms with van der Waals surface area (Å²) in [6.45, 7) is 1.94. The fraction of sp³-hybridized carbons (Fsp3) is 0.188. The maximum atomic E-state index is 12.4. The SMILES string of the molecule is COc1ccc(Br)c(CC(=O)c2ccc(C)cc2Cl)c1. The van der Waals surface area contributed by atoms with Crippen LogP contribution in [0.25, 0.3) is 0 Å². The molecule has 0 aliphatic carbocycles. The van der Waals surface area contributed by atoms with Gasteiger partial charge in [-0.25, -0.2) is 0 Å². The lowest BCUT2D eigenvalue weighted by Crippen LogP contribution is -2.05. The first-order chi connectivity index (χ1) is 9.51. The molecule has 0 spiro atoms. The van der Waals surface area contributed by atoms with Gasteiger partial charge in [0.05, 0.1) is 12.1 Å². The summed E-state index contributed by atoms with van der Waals surface area (Å²) >= 11 is 9.58. The Morgan fingerprint density at radius 3 is 2.65 bits per heavy atom. The summed E-state index contributed by atoms with van der Waals surface area (Å²) in [5.41, 5.74) is 2.46. The molecule has 2 nitrogen and oxygen atoms in total. The molecule has 0 saturated heterocycles. The summed E-state index contributed by atoms with van der Waals surface area (Å²) in [6, 6.07) is 11.0. The van der Waals surface area contributed by atoms with Crippen molar-refractivity contribution in [3.63, 3.8) is 0 Å². The molecule has 4 heteroatoms. The van der Waals surface area contributed by atoms with Crippen molar-refractivity contribution in [1.29, 1.82) is 0 Å². The van der Waals surface area contributed by atoms with Gasteiger partial charge in [0.15, 0.2) is 5.78 Å². The Labute approximate surface area is 131 Å². The number of ketones is 1. The lowest BCUT2D eigenvalue weighted by atomic mass is 10.0. The van der Waals surface area contributed by atoms with E-state index in [1.807, 2.05) is 31.2 Å². The van der Waals surface area contributed by atoms with E-state index in [0.717, 1.165) is 21.3 Å². The average Bonchev–Trinajstić information content (AvgIpc) is 2.41. The number of benzene rings is 2. The summed E-state index contributed by atoms with van der Waals surface area (Å²) in [7, 11) is 1.60. The van der Waals surface area contributed by atoms with Crippen molar-refractivity contribution in [3.05, 3.63) is 62.6 Å². The monoisotopic (exact) mass is 352 g/mol. The van der Waals surface area contributed by atoms with Crippen molar-refractivity contribution in [1.82, 2.24) is 0 Å². The van der Waals surface area contributed by atoms with Crippen LogP contribution >= 0.6 is 27.5 Å². The number of carbonyl (C=O) groups excluding carboxylic acids is 1. The van der Waals surface area contributed by atoms with Crippen LogP contribution in [0.5, 0.6) is 5.75 Å². The molecule has 0 amide bonds. The van der Waals surface area contributed by atoms with Gasteiger partial charge in [-0.3, -0.25) is 4.79 Å². The van der Waals surface area contributed by atoms with Crippen LogP contribution in [0.3, 0.4) is 0 Å². The van der Waals surface area contributed by atoms with Gasteiger partial charge in [-0.15, -0.1) is 0 Å². The van der Waals surface area contributed by atoms with Gasteiger partial charge in [0.25, 0.3) is 0 Å². The van der Waals surface area contributed by atoms with Crippen LogP contribution in [0.1, 0.15) is 21.5 Å². The van der Waals surface area contributed by atoms with E-state index in [4.69, 9.17) is 16.3 Å². The van der Waals surface area contributed by atoms with Crippen LogP contribution in [0.4, 0.5) is 0 Å². The highest BCUT2D eigenvalue weighted by atomic mass is 79.9. The second-order valence-corrected chi connectivity index (χ2v) is 5.80. The summed E-state index contributed by atoms with van der Waals surface area (Å²) in [6.07, 6.45) is 0.278. The molecular weight excluding hydrogens is 340 g/mol.